The van der Waals surface area contributed by atoms with Gasteiger partial charge >= 0.3 is 0 Å². The molecule has 2 N–H and O–H groups in total. The molecule has 0 aliphatic heterocycles. The molecule has 148 valence electrons. The number of halogens is 1. The molecule has 0 saturated heterocycles. The lowest BCUT2D eigenvalue weighted by Crippen LogP contribution is -2.29. The normalized spacial score (nSPS) is 11.7. The summed E-state index contributed by atoms with van der Waals surface area (Å²) in [5.41, 5.74) is 3.10. The molecule has 3 rings (SSSR count). The van der Waals surface area contributed by atoms with Crippen LogP contribution in [0.3, 0.4) is 0 Å². The van der Waals surface area contributed by atoms with Gasteiger partial charge in [-0.1, -0.05) is 28.1 Å². The molecule has 0 bridgehead atoms. The van der Waals surface area contributed by atoms with E-state index in [0.717, 1.165) is 15.7 Å². The van der Waals surface area contributed by atoms with E-state index in [1.54, 1.807) is 19.1 Å². The lowest BCUT2D eigenvalue weighted by atomic mass is 10.1. The SMILES string of the molecule is Cc1nc(-c2cccc(Br)c2)ccc1C(=O)NCC(O)c1ccc([N+](=O)[O-])cc1. The summed E-state index contributed by atoms with van der Waals surface area (Å²) >= 11 is 3.43. The van der Waals surface area contributed by atoms with Crippen molar-refractivity contribution >= 4 is 27.5 Å². The number of amides is 1. The number of hydrogen-bond acceptors (Lipinski definition) is 5. The van der Waals surface area contributed by atoms with Gasteiger partial charge in [0.15, 0.2) is 0 Å². The standard InChI is InChI=1S/C21H18BrN3O4/c1-13-18(9-10-19(24-13)15-3-2-4-16(22)11-15)21(27)23-12-20(26)14-5-7-17(8-6-14)25(28)29/h2-11,20,26H,12H2,1H3,(H,23,27). The summed E-state index contributed by atoms with van der Waals surface area (Å²) in [6.45, 7) is 1.73. The first-order valence-electron chi connectivity index (χ1n) is 8.79. The Labute approximate surface area is 175 Å². The third-order valence-corrected chi connectivity index (χ3v) is 4.89. The number of non-ortho nitro benzene ring substituents is 1. The smallest absolute Gasteiger partial charge is 0.269 e. The van der Waals surface area contributed by atoms with Crippen molar-refractivity contribution in [3.8, 4) is 11.3 Å². The predicted molar refractivity (Wildman–Crippen MR) is 112 cm³/mol. The predicted octanol–water partition coefficient (Wildman–Crippen LogP) is 4.19. The van der Waals surface area contributed by atoms with E-state index < -0.39 is 11.0 Å². The van der Waals surface area contributed by atoms with E-state index in [-0.39, 0.29) is 18.1 Å². The Morgan fingerprint density at radius 3 is 2.55 bits per heavy atom. The number of rotatable bonds is 6. The van der Waals surface area contributed by atoms with Gasteiger partial charge in [0, 0.05) is 28.7 Å². The number of pyridine rings is 1. The monoisotopic (exact) mass is 455 g/mol. The topological polar surface area (TPSA) is 105 Å². The molecule has 0 aliphatic carbocycles. The maximum atomic E-state index is 12.5. The van der Waals surface area contributed by atoms with Crippen LogP contribution in [-0.2, 0) is 0 Å². The highest BCUT2D eigenvalue weighted by molar-refractivity contribution is 9.10. The Hall–Kier alpha value is -3.10. The van der Waals surface area contributed by atoms with Crippen molar-refractivity contribution in [2.45, 2.75) is 13.0 Å². The minimum atomic E-state index is -0.978. The number of aliphatic hydroxyl groups is 1. The van der Waals surface area contributed by atoms with Gasteiger partial charge in [0.25, 0.3) is 11.6 Å². The van der Waals surface area contributed by atoms with Crippen molar-refractivity contribution in [2.24, 2.45) is 0 Å². The number of hydrogen-bond donors (Lipinski definition) is 2. The van der Waals surface area contributed by atoms with E-state index in [4.69, 9.17) is 0 Å². The molecule has 1 heterocycles. The third kappa shape index (κ3) is 5.04. The Morgan fingerprint density at radius 1 is 1.21 bits per heavy atom. The molecule has 1 unspecified atom stereocenters. The summed E-state index contributed by atoms with van der Waals surface area (Å²) in [4.78, 5) is 27.2. The second-order valence-electron chi connectivity index (χ2n) is 6.41. The number of nitro benzene ring substituents is 1. The van der Waals surface area contributed by atoms with Crippen LogP contribution < -0.4 is 5.32 Å². The number of nitrogens with zero attached hydrogens (tertiary/aromatic N) is 2. The molecule has 0 spiro atoms. The number of benzene rings is 2. The van der Waals surface area contributed by atoms with E-state index in [1.165, 1.54) is 24.3 Å². The molecule has 0 fully saturated rings. The van der Waals surface area contributed by atoms with Crippen molar-refractivity contribution in [1.82, 2.24) is 10.3 Å². The van der Waals surface area contributed by atoms with Crippen molar-refractivity contribution in [3.05, 3.63) is 92.1 Å². The second kappa shape index (κ2) is 8.93. The summed E-state index contributed by atoms with van der Waals surface area (Å²) in [7, 11) is 0. The largest absolute Gasteiger partial charge is 0.387 e. The number of carbonyl (C=O) groups excluding carboxylic acids is 1. The zero-order chi connectivity index (χ0) is 21.0. The first-order chi connectivity index (χ1) is 13.8. The average molecular weight is 456 g/mol. The molecule has 0 saturated carbocycles. The van der Waals surface area contributed by atoms with Crippen LogP contribution in [0, 0.1) is 17.0 Å². The van der Waals surface area contributed by atoms with Crippen LogP contribution in [0.2, 0.25) is 0 Å². The third-order valence-electron chi connectivity index (χ3n) is 4.40. The van der Waals surface area contributed by atoms with E-state index in [9.17, 15) is 20.0 Å². The van der Waals surface area contributed by atoms with Gasteiger partial charge in [-0.3, -0.25) is 19.9 Å². The highest BCUT2D eigenvalue weighted by Crippen LogP contribution is 2.23. The molecule has 1 aromatic heterocycles. The van der Waals surface area contributed by atoms with Gasteiger partial charge in [-0.2, -0.15) is 0 Å². The molecule has 0 aliphatic rings. The molecular weight excluding hydrogens is 438 g/mol. The highest BCUT2D eigenvalue weighted by Gasteiger charge is 2.15. The van der Waals surface area contributed by atoms with Gasteiger partial charge < -0.3 is 10.4 Å². The minimum Gasteiger partial charge on any atom is -0.387 e. The van der Waals surface area contributed by atoms with Crippen LogP contribution in [0.5, 0.6) is 0 Å². The Kier molecular flexibility index (Phi) is 6.36. The summed E-state index contributed by atoms with van der Waals surface area (Å²) in [6.07, 6.45) is -0.978. The van der Waals surface area contributed by atoms with E-state index >= 15 is 0 Å². The Bertz CT molecular complexity index is 1050. The molecule has 2 aromatic carbocycles. The highest BCUT2D eigenvalue weighted by atomic mass is 79.9. The van der Waals surface area contributed by atoms with Crippen molar-refractivity contribution in [3.63, 3.8) is 0 Å². The van der Waals surface area contributed by atoms with Crippen LogP contribution in [0.15, 0.2) is 65.1 Å². The van der Waals surface area contributed by atoms with Crippen LogP contribution in [0.25, 0.3) is 11.3 Å². The second-order valence-corrected chi connectivity index (χ2v) is 7.33. The fourth-order valence-corrected chi connectivity index (χ4v) is 3.23. The van der Waals surface area contributed by atoms with Gasteiger partial charge in [-0.25, -0.2) is 0 Å². The van der Waals surface area contributed by atoms with Gasteiger partial charge in [-0.15, -0.1) is 0 Å². The summed E-state index contributed by atoms with van der Waals surface area (Å²) in [5, 5.41) is 23.6. The summed E-state index contributed by atoms with van der Waals surface area (Å²) in [6, 6.07) is 16.8. The average Bonchev–Trinajstić information content (AvgIpc) is 2.71. The minimum absolute atomic E-state index is 0.0243. The van der Waals surface area contributed by atoms with Crippen LogP contribution in [0.4, 0.5) is 5.69 Å². The van der Waals surface area contributed by atoms with Gasteiger partial charge in [0.05, 0.1) is 28.0 Å². The number of nitrogens with one attached hydrogen (secondary N) is 1. The molecular formula is C21H18BrN3O4. The first kappa shape index (κ1) is 20.6. The summed E-state index contributed by atoms with van der Waals surface area (Å²) in [5.74, 6) is -0.350. The number of aliphatic hydroxyl groups excluding tert-OH is 1. The molecule has 7 nitrogen and oxygen atoms in total. The van der Waals surface area contributed by atoms with Gasteiger partial charge in [-0.05, 0) is 48.9 Å². The first-order valence-corrected chi connectivity index (χ1v) is 9.58. The Morgan fingerprint density at radius 2 is 1.93 bits per heavy atom. The molecule has 3 aromatic rings. The lowest BCUT2D eigenvalue weighted by Gasteiger charge is -2.13. The lowest BCUT2D eigenvalue weighted by molar-refractivity contribution is -0.384. The number of aryl methyl sites for hydroxylation is 1. The van der Waals surface area contributed by atoms with Gasteiger partial charge in [0.2, 0.25) is 0 Å². The molecule has 1 atom stereocenters. The van der Waals surface area contributed by atoms with E-state index in [1.807, 2.05) is 24.3 Å². The zero-order valence-electron chi connectivity index (χ0n) is 15.5. The molecule has 8 heteroatoms. The van der Waals surface area contributed by atoms with E-state index in [2.05, 4.69) is 26.2 Å². The van der Waals surface area contributed by atoms with Crippen molar-refractivity contribution < 1.29 is 14.8 Å². The molecule has 0 radical (unpaired) electrons. The van der Waals surface area contributed by atoms with Crippen molar-refractivity contribution in [2.75, 3.05) is 6.54 Å². The van der Waals surface area contributed by atoms with Crippen molar-refractivity contribution in [1.29, 1.82) is 0 Å². The number of carbonyl (C=O) groups is 1. The number of nitro groups is 1. The van der Waals surface area contributed by atoms with Crippen LogP contribution >= 0.6 is 15.9 Å². The number of aromatic nitrogens is 1. The maximum Gasteiger partial charge on any atom is 0.269 e. The maximum absolute atomic E-state index is 12.5. The fraction of sp³-hybridized carbons (Fsp3) is 0.143. The fourth-order valence-electron chi connectivity index (χ4n) is 2.83. The van der Waals surface area contributed by atoms with Gasteiger partial charge in [0.1, 0.15) is 0 Å². The summed E-state index contributed by atoms with van der Waals surface area (Å²) < 4.78 is 0.941. The molecule has 1 amide bonds. The Balaban J connectivity index is 1.66. The quantitative estimate of drug-likeness (QED) is 0.428. The van der Waals surface area contributed by atoms with E-state index in [0.29, 0.717) is 16.8 Å². The van der Waals surface area contributed by atoms with Crippen LogP contribution in [0.1, 0.15) is 27.7 Å². The molecule has 29 heavy (non-hydrogen) atoms. The zero-order valence-corrected chi connectivity index (χ0v) is 17.1. The van der Waals surface area contributed by atoms with Crippen LogP contribution in [-0.4, -0.2) is 27.5 Å².